The van der Waals surface area contributed by atoms with Gasteiger partial charge in [0, 0.05) is 22.6 Å². The third-order valence-corrected chi connectivity index (χ3v) is 6.65. The third-order valence-electron chi connectivity index (χ3n) is 6.65. The molecule has 5 nitrogen and oxygen atoms in total. The standard InChI is InChI=1S/C21H22O5/c1-11-8-9-13-12(2)19(24)26-18(13)20(3)17(23)15(10-21(11,20)25)14-6-4-5-7-16(14)22/h4-7,10-11,13,18,22,25H,2,8-9H2,1,3H3. The van der Waals surface area contributed by atoms with Gasteiger partial charge in [-0.25, -0.2) is 4.79 Å². The van der Waals surface area contributed by atoms with Gasteiger partial charge in [-0.15, -0.1) is 0 Å². The molecule has 136 valence electrons. The van der Waals surface area contributed by atoms with Crippen molar-refractivity contribution in [2.45, 2.75) is 38.4 Å². The van der Waals surface area contributed by atoms with Gasteiger partial charge in [-0.1, -0.05) is 31.7 Å². The molecule has 1 aromatic carbocycles. The van der Waals surface area contributed by atoms with Crippen molar-refractivity contribution >= 4 is 17.3 Å². The summed E-state index contributed by atoms with van der Waals surface area (Å²) in [5.41, 5.74) is -1.76. The Morgan fingerprint density at radius 1 is 1.23 bits per heavy atom. The van der Waals surface area contributed by atoms with Crippen molar-refractivity contribution in [3.63, 3.8) is 0 Å². The van der Waals surface area contributed by atoms with Crippen molar-refractivity contribution in [3.8, 4) is 5.75 Å². The first-order valence-electron chi connectivity index (χ1n) is 8.90. The summed E-state index contributed by atoms with van der Waals surface area (Å²) < 4.78 is 5.56. The van der Waals surface area contributed by atoms with Crippen LogP contribution in [0.15, 0.2) is 42.5 Å². The topological polar surface area (TPSA) is 83.8 Å². The highest BCUT2D eigenvalue weighted by Crippen LogP contribution is 2.59. The zero-order valence-electron chi connectivity index (χ0n) is 14.9. The number of benzene rings is 1. The van der Waals surface area contributed by atoms with Crippen molar-refractivity contribution in [1.82, 2.24) is 0 Å². The van der Waals surface area contributed by atoms with Crippen molar-refractivity contribution < 1.29 is 24.5 Å². The maximum absolute atomic E-state index is 13.5. The Hall–Kier alpha value is -2.40. The lowest BCUT2D eigenvalue weighted by Crippen LogP contribution is -2.56. The molecule has 26 heavy (non-hydrogen) atoms. The van der Waals surface area contributed by atoms with Crippen LogP contribution in [0.25, 0.3) is 5.57 Å². The lowest BCUT2D eigenvalue weighted by Gasteiger charge is -2.43. The Balaban J connectivity index is 1.90. The van der Waals surface area contributed by atoms with Gasteiger partial charge in [0.2, 0.25) is 0 Å². The lowest BCUT2D eigenvalue weighted by molar-refractivity contribution is -0.165. The maximum atomic E-state index is 13.5. The summed E-state index contributed by atoms with van der Waals surface area (Å²) in [6, 6.07) is 6.56. The smallest absolute Gasteiger partial charge is 0.334 e. The van der Waals surface area contributed by atoms with Crippen LogP contribution in [0.2, 0.25) is 0 Å². The molecule has 2 aliphatic carbocycles. The molecule has 5 atom stereocenters. The Morgan fingerprint density at radius 3 is 2.62 bits per heavy atom. The minimum absolute atomic E-state index is 0.0206. The number of hydrogen-bond donors (Lipinski definition) is 2. The molecule has 1 heterocycles. The van der Waals surface area contributed by atoms with Crippen LogP contribution in [-0.4, -0.2) is 33.7 Å². The van der Waals surface area contributed by atoms with Crippen molar-refractivity contribution in [1.29, 1.82) is 0 Å². The van der Waals surface area contributed by atoms with E-state index in [1.807, 2.05) is 6.92 Å². The fourth-order valence-corrected chi connectivity index (χ4v) is 4.91. The number of phenolic OH excluding ortho intramolecular Hbond substituents is 1. The summed E-state index contributed by atoms with van der Waals surface area (Å²) in [5.74, 6) is -1.33. The second kappa shape index (κ2) is 5.30. The first-order valence-corrected chi connectivity index (χ1v) is 8.90. The number of phenols is 1. The summed E-state index contributed by atoms with van der Waals surface area (Å²) >= 11 is 0. The van der Waals surface area contributed by atoms with Gasteiger partial charge in [-0.3, -0.25) is 4.79 Å². The van der Waals surface area contributed by atoms with E-state index >= 15 is 0 Å². The maximum Gasteiger partial charge on any atom is 0.334 e. The predicted octanol–water partition coefficient (Wildman–Crippen LogP) is 2.62. The molecule has 0 bridgehead atoms. The number of carbonyl (C=O) groups is 2. The van der Waals surface area contributed by atoms with E-state index in [9.17, 15) is 19.8 Å². The Labute approximate surface area is 152 Å². The van der Waals surface area contributed by atoms with Crippen LogP contribution in [0, 0.1) is 17.3 Å². The first-order chi connectivity index (χ1) is 12.2. The number of aliphatic hydroxyl groups is 1. The second-order valence-corrected chi connectivity index (χ2v) is 7.87. The second-order valence-electron chi connectivity index (χ2n) is 7.87. The van der Waals surface area contributed by atoms with E-state index in [0.717, 1.165) is 0 Å². The van der Waals surface area contributed by atoms with E-state index in [-0.39, 0.29) is 28.9 Å². The number of hydrogen-bond acceptors (Lipinski definition) is 5. The molecule has 4 rings (SSSR count). The Bertz CT molecular complexity index is 869. The zero-order valence-corrected chi connectivity index (χ0v) is 14.9. The van der Waals surface area contributed by atoms with Crippen molar-refractivity contribution in [2.75, 3.05) is 0 Å². The van der Waals surface area contributed by atoms with E-state index in [1.54, 1.807) is 31.2 Å². The Morgan fingerprint density at radius 2 is 1.92 bits per heavy atom. The van der Waals surface area contributed by atoms with E-state index < -0.39 is 23.1 Å². The largest absolute Gasteiger partial charge is 0.507 e. The van der Waals surface area contributed by atoms with Crippen LogP contribution in [0.4, 0.5) is 0 Å². The Kier molecular flexibility index (Phi) is 3.47. The van der Waals surface area contributed by atoms with Crippen LogP contribution < -0.4 is 0 Å². The molecule has 0 spiro atoms. The highest BCUT2D eigenvalue weighted by atomic mass is 16.6. The minimum Gasteiger partial charge on any atom is -0.507 e. The molecule has 5 unspecified atom stereocenters. The molecule has 3 aliphatic rings. The van der Waals surface area contributed by atoms with Crippen molar-refractivity contribution in [2.24, 2.45) is 17.3 Å². The number of carbonyl (C=O) groups excluding carboxylic acids is 2. The summed E-state index contributed by atoms with van der Waals surface area (Å²) in [4.78, 5) is 25.6. The molecule has 1 saturated heterocycles. The van der Waals surface area contributed by atoms with Crippen LogP contribution in [0.3, 0.4) is 0 Å². The summed E-state index contributed by atoms with van der Waals surface area (Å²) in [6.07, 6.45) is 2.08. The van der Waals surface area contributed by atoms with Gasteiger partial charge in [0.1, 0.15) is 22.9 Å². The molecule has 2 N–H and O–H groups in total. The fraction of sp³-hybridized carbons (Fsp3) is 0.429. The molecule has 0 aromatic heterocycles. The number of allylic oxidation sites excluding steroid dienone is 1. The fourth-order valence-electron chi connectivity index (χ4n) is 4.91. The number of esters is 1. The van der Waals surface area contributed by atoms with E-state index in [0.29, 0.717) is 24.0 Å². The summed E-state index contributed by atoms with van der Waals surface area (Å²) in [7, 11) is 0. The van der Waals surface area contributed by atoms with Crippen molar-refractivity contribution in [3.05, 3.63) is 48.1 Å². The predicted molar refractivity (Wildman–Crippen MR) is 95.1 cm³/mol. The quantitative estimate of drug-likeness (QED) is 0.598. The highest BCUT2D eigenvalue weighted by Gasteiger charge is 2.68. The lowest BCUT2D eigenvalue weighted by atomic mass is 9.64. The number of ketones is 1. The van der Waals surface area contributed by atoms with E-state index in [1.165, 1.54) is 6.07 Å². The molecule has 0 radical (unpaired) electrons. The van der Waals surface area contributed by atoms with Crippen LogP contribution in [0.5, 0.6) is 5.75 Å². The van der Waals surface area contributed by atoms with Crippen LogP contribution in [-0.2, 0) is 14.3 Å². The monoisotopic (exact) mass is 354 g/mol. The van der Waals surface area contributed by atoms with Crippen LogP contribution >= 0.6 is 0 Å². The molecular weight excluding hydrogens is 332 g/mol. The minimum atomic E-state index is -1.47. The molecular formula is C21H22O5. The molecule has 1 aromatic rings. The summed E-state index contributed by atoms with van der Waals surface area (Å²) in [5, 5.41) is 21.8. The first kappa shape index (κ1) is 17.0. The number of ether oxygens (including phenoxy) is 1. The normalized spacial score (nSPS) is 39.1. The van der Waals surface area contributed by atoms with Gasteiger partial charge in [0.15, 0.2) is 5.78 Å². The third kappa shape index (κ3) is 1.89. The molecule has 5 heteroatoms. The van der Waals surface area contributed by atoms with Gasteiger partial charge in [0.25, 0.3) is 0 Å². The summed E-state index contributed by atoms with van der Waals surface area (Å²) in [6.45, 7) is 7.42. The average Bonchev–Trinajstić information content (AvgIpc) is 2.98. The SMILES string of the molecule is C=C1C(=O)OC2C1CCC(C)C1(O)C=C(c3ccccc3O)C(=O)C21C. The van der Waals surface area contributed by atoms with E-state index in [2.05, 4.69) is 6.58 Å². The van der Waals surface area contributed by atoms with Gasteiger partial charge < -0.3 is 14.9 Å². The van der Waals surface area contributed by atoms with Crippen LogP contribution in [0.1, 0.15) is 32.3 Å². The van der Waals surface area contributed by atoms with Gasteiger partial charge in [-0.05, 0) is 37.8 Å². The number of fused-ring (bicyclic) bond motifs is 3. The van der Waals surface area contributed by atoms with Gasteiger partial charge in [0.05, 0.1) is 0 Å². The number of rotatable bonds is 1. The van der Waals surface area contributed by atoms with Gasteiger partial charge in [-0.2, -0.15) is 0 Å². The molecule has 1 saturated carbocycles. The number of aromatic hydroxyl groups is 1. The zero-order chi connectivity index (χ0) is 18.9. The molecule has 1 aliphatic heterocycles. The highest BCUT2D eigenvalue weighted by molar-refractivity contribution is 6.27. The number of Topliss-reactive ketones (excluding diaryl/α,β-unsaturated/α-hetero) is 1. The average molecular weight is 354 g/mol. The number of para-hydroxylation sites is 1. The van der Waals surface area contributed by atoms with E-state index in [4.69, 9.17) is 4.74 Å². The van der Waals surface area contributed by atoms with Gasteiger partial charge >= 0.3 is 5.97 Å². The molecule has 2 fully saturated rings. The molecule has 0 amide bonds.